The molecular weight excluding hydrogens is 346 g/mol. The van der Waals surface area contributed by atoms with Crippen molar-refractivity contribution in [3.8, 4) is 11.5 Å². The maximum atomic E-state index is 12.3. The molecule has 0 unspecified atom stereocenters. The molecule has 0 aromatic heterocycles. The Morgan fingerprint density at radius 2 is 1.91 bits per heavy atom. The highest BCUT2D eigenvalue weighted by molar-refractivity contribution is 9.10. The van der Waals surface area contributed by atoms with Crippen molar-refractivity contribution in [1.29, 1.82) is 0 Å². The van der Waals surface area contributed by atoms with Gasteiger partial charge in [-0.05, 0) is 50.2 Å². The third-order valence-corrected chi connectivity index (χ3v) is 3.36. The number of rotatable bonds is 5. The van der Waals surface area contributed by atoms with Crippen molar-refractivity contribution in [3.63, 3.8) is 0 Å². The summed E-state index contributed by atoms with van der Waals surface area (Å²) in [5.74, 6) is 0.958. The summed E-state index contributed by atoms with van der Waals surface area (Å²) >= 11 is 3.38. The van der Waals surface area contributed by atoms with Crippen LogP contribution in [0.5, 0.6) is 11.5 Å². The van der Waals surface area contributed by atoms with Gasteiger partial charge in [-0.1, -0.05) is 22.0 Å². The molecule has 0 saturated carbocycles. The van der Waals surface area contributed by atoms with Crippen molar-refractivity contribution in [3.05, 3.63) is 52.5 Å². The summed E-state index contributed by atoms with van der Waals surface area (Å²) in [7, 11) is 1.55. The van der Waals surface area contributed by atoms with E-state index in [9.17, 15) is 4.79 Å². The minimum atomic E-state index is -0.201. The number of halogens is 1. The number of anilines is 1. The van der Waals surface area contributed by atoms with Crippen molar-refractivity contribution in [1.82, 2.24) is 0 Å². The monoisotopic (exact) mass is 363 g/mol. The Kier molecular flexibility index (Phi) is 5.44. The molecule has 22 heavy (non-hydrogen) atoms. The van der Waals surface area contributed by atoms with Gasteiger partial charge in [-0.2, -0.15) is 0 Å². The Bertz CT molecular complexity index is 671. The molecule has 0 bridgehead atoms. The fourth-order valence-electron chi connectivity index (χ4n) is 1.93. The number of ether oxygens (including phenoxy) is 2. The maximum absolute atomic E-state index is 12.3. The summed E-state index contributed by atoms with van der Waals surface area (Å²) < 4.78 is 11.8. The van der Waals surface area contributed by atoms with Crippen molar-refractivity contribution < 1.29 is 14.3 Å². The smallest absolute Gasteiger partial charge is 0.255 e. The van der Waals surface area contributed by atoms with Gasteiger partial charge in [0.1, 0.15) is 0 Å². The molecule has 4 nitrogen and oxygen atoms in total. The third kappa shape index (κ3) is 4.24. The van der Waals surface area contributed by atoms with Gasteiger partial charge >= 0.3 is 0 Å². The molecule has 0 saturated heterocycles. The van der Waals surface area contributed by atoms with Crippen LogP contribution in [0.25, 0.3) is 0 Å². The second kappa shape index (κ2) is 7.31. The molecule has 0 spiro atoms. The highest BCUT2D eigenvalue weighted by atomic mass is 79.9. The van der Waals surface area contributed by atoms with Crippen LogP contribution in [0.1, 0.15) is 24.2 Å². The molecule has 5 heteroatoms. The van der Waals surface area contributed by atoms with Crippen LogP contribution in [-0.4, -0.2) is 19.1 Å². The Balaban J connectivity index is 2.19. The van der Waals surface area contributed by atoms with Gasteiger partial charge in [0.15, 0.2) is 11.5 Å². The van der Waals surface area contributed by atoms with Crippen LogP contribution in [0.3, 0.4) is 0 Å². The van der Waals surface area contributed by atoms with Gasteiger partial charge in [0.2, 0.25) is 0 Å². The first-order valence-electron chi connectivity index (χ1n) is 6.91. The van der Waals surface area contributed by atoms with Gasteiger partial charge in [-0.25, -0.2) is 0 Å². The molecule has 0 fully saturated rings. The largest absolute Gasteiger partial charge is 0.493 e. The number of nitrogens with one attached hydrogen (secondary N) is 1. The highest BCUT2D eigenvalue weighted by Gasteiger charge is 2.12. The van der Waals surface area contributed by atoms with E-state index >= 15 is 0 Å². The molecule has 2 aromatic rings. The predicted molar refractivity (Wildman–Crippen MR) is 90.9 cm³/mol. The summed E-state index contributed by atoms with van der Waals surface area (Å²) in [6, 6.07) is 12.6. The van der Waals surface area contributed by atoms with Gasteiger partial charge in [-0.15, -0.1) is 0 Å². The number of carbonyl (C=O) groups excluding carboxylic acids is 1. The molecular formula is C17H18BrNO3. The van der Waals surface area contributed by atoms with Crippen LogP contribution < -0.4 is 14.8 Å². The van der Waals surface area contributed by atoms with Crippen LogP contribution in [0.2, 0.25) is 0 Å². The lowest BCUT2D eigenvalue weighted by atomic mass is 10.1. The Morgan fingerprint density at radius 3 is 2.55 bits per heavy atom. The van der Waals surface area contributed by atoms with E-state index in [2.05, 4.69) is 21.2 Å². The molecule has 0 aliphatic heterocycles. The molecule has 0 aliphatic rings. The summed E-state index contributed by atoms with van der Waals surface area (Å²) in [6.07, 6.45) is 0.0373. The van der Waals surface area contributed by atoms with E-state index in [0.717, 1.165) is 10.2 Å². The molecule has 1 N–H and O–H groups in total. The SMILES string of the molecule is COc1cc(C(=O)Nc2cccc(Br)c2)ccc1OC(C)C. The van der Waals surface area contributed by atoms with Crippen LogP contribution >= 0.6 is 15.9 Å². The van der Waals surface area contributed by atoms with Crippen molar-refractivity contribution in [2.45, 2.75) is 20.0 Å². The second-order valence-corrected chi connectivity index (χ2v) is 5.91. The third-order valence-electron chi connectivity index (χ3n) is 2.87. The zero-order valence-electron chi connectivity index (χ0n) is 12.7. The second-order valence-electron chi connectivity index (χ2n) is 5.00. The van der Waals surface area contributed by atoms with Crippen LogP contribution in [0.4, 0.5) is 5.69 Å². The predicted octanol–water partition coefficient (Wildman–Crippen LogP) is 4.50. The number of hydrogen-bond acceptors (Lipinski definition) is 3. The summed E-state index contributed by atoms with van der Waals surface area (Å²) in [4.78, 5) is 12.3. The van der Waals surface area contributed by atoms with Crippen molar-refractivity contribution in [2.24, 2.45) is 0 Å². The highest BCUT2D eigenvalue weighted by Crippen LogP contribution is 2.29. The number of hydrogen-bond donors (Lipinski definition) is 1. The van der Waals surface area contributed by atoms with Gasteiger partial charge in [0.05, 0.1) is 13.2 Å². The molecule has 0 heterocycles. The van der Waals surface area contributed by atoms with Gasteiger partial charge in [0.25, 0.3) is 5.91 Å². The first-order valence-corrected chi connectivity index (χ1v) is 7.70. The lowest BCUT2D eigenvalue weighted by Gasteiger charge is -2.14. The fourth-order valence-corrected chi connectivity index (χ4v) is 2.33. The molecule has 116 valence electrons. The fraction of sp³-hybridized carbons (Fsp3) is 0.235. The minimum Gasteiger partial charge on any atom is -0.493 e. The average Bonchev–Trinajstić information content (AvgIpc) is 2.47. The molecule has 0 aliphatic carbocycles. The summed E-state index contributed by atoms with van der Waals surface area (Å²) in [6.45, 7) is 3.88. The molecule has 0 atom stereocenters. The van der Waals surface area contributed by atoms with Crippen LogP contribution in [0.15, 0.2) is 46.9 Å². The van der Waals surface area contributed by atoms with Crippen molar-refractivity contribution >= 4 is 27.5 Å². The minimum absolute atomic E-state index is 0.0373. The van der Waals surface area contributed by atoms with Gasteiger partial charge in [-0.3, -0.25) is 4.79 Å². The average molecular weight is 364 g/mol. The lowest BCUT2D eigenvalue weighted by Crippen LogP contribution is -2.12. The van der Waals surface area contributed by atoms with E-state index < -0.39 is 0 Å². The standard InChI is InChI=1S/C17H18BrNO3/c1-11(2)22-15-8-7-12(9-16(15)21-3)17(20)19-14-6-4-5-13(18)10-14/h4-11H,1-3H3,(H,19,20). The van der Waals surface area contributed by atoms with E-state index in [0.29, 0.717) is 17.1 Å². The van der Waals surface area contributed by atoms with Gasteiger partial charge in [0, 0.05) is 15.7 Å². The number of methoxy groups -OCH3 is 1. The van der Waals surface area contributed by atoms with Crippen molar-refractivity contribution in [2.75, 3.05) is 12.4 Å². The molecule has 0 radical (unpaired) electrons. The Labute approximate surface area is 138 Å². The first-order chi connectivity index (χ1) is 10.5. The van der Waals surface area contributed by atoms with E-state index in [1.54, 1.807) is 25.3 Å². The number of carbonyl (C=O) groups is 1. The van der Waals surface area contributed by atoms with E-state index in [1.807, 2.05) is 38.1 Å². The topological polar surface area (TPSA) is 47.6 Å². The molecule has 2 aromatic carbocycles. The maximum Gasteiger partial charge on any atom is 0.255 e. The van der Waals surface area contributed by atoms with E-state index in [-0.39, 0.29) is 12.0 Å². The van der Waals surface area contributed by atoms with E-state index in [4.69, 9.17) is 9.47 Å². The molecule has 2 rings (SSSR count). The molecule has 1 amide bonds. The number of amides is 1. The zero-order chi connectivity index (χ0) is 16.1. The lowest BCUT2D eigenvalue weighted by molar-refractivity contribution is 0.102. The zero-order valence-corrected chi connectivity index (χ0v) is 14.3. The van der Waals surface area contributed by atoms with Gasteiger partial charge < -0.3 is 14.8 Å². The summed E-state index contributed by atoms with van der Waals surface area (Å²) in [5, 5.41) is 2.85. The normalized spacial score (nSPS) is 10.4. The van der Waals surface area contributed by atoms with E-state index in [1.165, 1.54) is 0 Å². The van der Waals surface area contributed by atoms with Crippen LogP contribution in [-0.2, 0) is 0 Å². The van der Waals surface area contributed by atoms with Crippen LogP contribution in [0, 0.1) is 0 Å². The summed E-state index contributed by atoms with van der Waals surface area (Å²) in [5.41, 5.74) is 1.23. The number of benzene rings is 2. The Hall–Kier alpha value is -2.01. The Morgan fingerprint density at radius 1 is 1.14 bits per heavy atom. The first kappa shape index (κ1) is 16.4. The quantitative estimate of drug-likeness (QED) is 0.850.